The van der Waals surface area contributed by atoms with Crippen LogP contribution in [0.4, 0.5) is 0 Å². The quantitative estimate of drug-likeness (QED) is 0.711. The number of nitrogens with one attached hydrogen (secondary N) is 2. The zero-order valence-electron chi connectivity index (χ0n) is 19.6. The zero-order chi connectivity index (χ0) is 23.5. The van der Waals surface area contributed by atoms with Crippen molar-refractivity contribution in [2.75, 3.05) is 32.9 Å². The predicted molar refractivity (Wildman–Crippen MR) is 128 cm³/mol. The molecule has 2 unspecified atom stereocenters. The first kappa shape index (κ1) is 22.9. The molecule has 3 heterocycles. The van der Waals surface area contributed by atoms with Crippen molar-refractivity contribution in [3.63, 3.8) is 0 Å². The first-order valence-electron chi connectivity index (χ1n) is 12.1. The largest absolute Gasteiger partial charge is 0.488 e. The highest BCUT2D eigenvalue weighted by Gasteiger charge is 2.26. The molecule has 0 aliphatic carbocycles. The summed E-state index contributed by atoms with van der Waals surface area (Å²) in [4.78, 5) is 12.6. The van der Waals surface area contributed by atoms with Gasteiger partial charge in [-0.15, -0.1) is 0 Å². The number of rotatable bonds is 5. The van der Waals surface area contributed by atoms with E-state index in [0.29, 0.717) is 32.1 Å². The van der Waals surface area contributed by atoms with Crippen molar-refractivity contribution in [2.45, 2.75) is 50.9 Å². The minimum absolute atomic E-state index is 0.245. The number of fused-ring (bicyclic) bond motifs is 3. The summed E-state index contributed by atoms with van der Waals surface area (Å²) in [6, 6.07) is 12.4. The summed E-state index contributed by atoms with van der Waals surface area (Å²) in [7, 11) is 0. The molecule has 3 aliphatic rings. The SMILES string of the molecule is Cc1cc2c(cc1CC(C#N)NC(=O)[C@@H]1CNCCCO1)OCc1ccc(C3CCOC3)cc1-2. The second-order valence-corrected chi connectivity index (χ2v) is 9.35. The van der Waals surface area contributed by atoms with Gasteiger partial charge in [-0.05, 0) is 66.3 Å². The second kappa shape index (κ2) is 10.1. The average Bonchev–Trinajstić information content (AvgIpc) is 3.25. The summed E-state index contributed by atoms with van der Waals surface area (Å²) >= 11 is 0. The van der Waals surface area contributed by atoms with Gasteiger partial charge in [0.05, 0.1) is 12.7 Å². The van der Waals surface area contributed by atoms with Crippen molar-refractivity contribution in [3.05, 3.63) is 52.6 Å². The van der Waals surface area contributed by atoms with Crippen LogP contribution < -0.4 is 15.4 Å². The van der Waals surface area contributed by atoms with Crippen molar-refractivity contribution in [3.8, 4) is 22.9 Å². The van der Waals surface area contributed by atoms with E-state index in [2.05, 4.69) is 41.0 Å². The molecule has 0 bridgehead atoms. The molecule has 3 atom stereocenters. The summed E-state index contributed by atoms with van der Waals surface area (Å²) in [5.74, 6) is 1.03. The smallest absolute Gasteiger partial charge is 0.251 e. The first-order valence-corrected chi connectivity index (χ1v) is 12.1. The molecular weight excluding hydrogens is 430 g/mol. The van der Waals surface area contributed by atoms with E-state index in [-0.39, 0.29) is 5.91 Å². The highest BCUT2D eigenvalue weighted by molar-refractivity contribution is 5.82. The minimum atomic E-state index is -0.638. The van der Waals surface area contributed by atoms with E-state index in [0.717, 1.165) is 55.0 Å². The van der Waals surface area contributed by atoms with Crippen LogP contribution in [0.2, 0.25) is 0 Å². The van der Waals surface area contributed by atoms with Crippen LogP contribution in [-0.2, 0) is 27.3 Å². The normalized spacial score (nSPS) is 22.5. The van der Waals surface area contributed by atoms with Gasteiger partial charge >= 0.3 is 0 Å². The van der Waals surface area contributed by atoms with Crippen LogP contribution in [0.25, 0.3) is 11.1 Å². The lowest BCUT2D eigenvalue weighted by Gasteiger charge is -2.25. The van der Waals surface area contributed by atoms with Gasteiger partial charge in [0.25, 0.3) is 5.91 Å². The van der Waals surface area contributed by atoms with Gasteiger partial charge in [-0.3, -0.25) is 4.79 Å². The molecule has 2 N–H and O–H groups in total. The summed E-state index contributed by atoms with van der Waals surface area (Å²) in [6.07, 6.45) is 1.78. The van der Waals surface area contributed by atoms with E-state index in [9.17, 15) is 10.1 Å². The second-order valence-electron chi connectivity index (χ2n) is 9.35. The molecule has 3 aliphatic heterocycles. The number of nitriles is 1. The van der Waals surface area contributed by atoms with Crippen molar-refractivity contribution in [2.24, 2.45) is 0 Å². The summed E-state index contributed by atoms with van der Waals surface area (Å²) in [5.41, 5.74) is 6.86. The van der Waals surface area contributed by atoms with Gasteiger partial charge in [-0.2, -0.15) is 5.26 Å². The Morgan fingerprint density at radius 1 is 1.26 bits per heavy atom. The summed E-state index contributed by atoms with van der Waals surface area (Å²) in [5, 5.41) is 15.8. The number of amides is 1. The van der Waals surface area contributed by atoms with Crippen molar-refractivity contribution in [1.29, 1.82) is 5.26 Å². The Labute approximate surface area is 200 Å². The van der Waals surface area contributed by atoms with Crippen LogP contribution in [0.3, 0.4) is 0 Å². The van der Waals surface area contributed by atoms with Gasteiger partial charge in [0.15, 0.2) is 0 Å². The molecule has 0 spiro atoms. The highest BCUT2D eigenvalue weighted by atomic mass is 16.5. The monoisotopic (exact) mass is 461 g/mol. The maximum Gasteiger partial charge on any atom is 0.251 e. The van der Waals surface area contributed by atoms with Crippen molar-refractivity contribution >= 4 is 5.91 Å². The predicted octanol–water partition coefficient (Wildman–Crippen LogP) is 2.99. The fraction of sp³-hybridized carbons (Fsp3) is 0.481. The molecule has 2 aromatic carbocycles. The molecule has 34 heavy (non-hydrogen) atoms. The van der Waals surface area contributed by atoms with Crippen LogP contribution in [0, 0.1) is 18.3 Å². The zero-order valence-corrected chi connectivity index (χ0v) is 19.6. The topological polar surface area (TPSA) is 92.6 Å². The van der Waals surface area contributed by atoms with Gasteiger partial charge in [-0.25, -0.2) is 0 Å². The average molecular weight is 462 g/mol. The lowest BCUT2D eigenvalue weighted by atomic mass is 9.88. The molecular formula is C27H31N3O4. The lowest BCUT2D eigenvalue weighted by Crippen LogP contribution is -2.46. The standard InChI is InChI=1S/C27H31N3O4/c1-17-9-24-23-11-18(19-5-8-32-15-19)3-4-20(23)16-34-25(24)12-21(17)10-22(13-28)30-27(31)26-14-29-6-2-7-33-26/h3-4,9,11-12,19,22,26,29H,2,5-8,10,14-16H2,1H3,(H,30,31)/t19?,22?,26-/m0/s1. The number of carbonyl (C=O) groups is 1. The molecule has 2 fully saturated rings. The van der Waals surface area contributed by atoms with Crippen LogP contribution in [-0.4, -0.2) is 51.0 Å². The molecule has 0 radical (unpaired) electrons. The fourth-order valence-corrected chi connectivity index (χ4v) is 4.95. The van der Waals surface area contributed by atoms with Gasteiger partial charge < -0.3 is 24.8 Å². The van der Waals surface area contributed by atoms with E-state index in [4.69, 9.17) is 14.2 Å². The molecule has 1 amide bonds. The number of carbonyl (C=O) groups excluding carboxylic acids is 1. The number of benzene rings is 2. The Morgan fingerprint density at radius 2 is 2.18 bits per heavy atom. The van der Waals surface area contributed by atoms with E-state index in [1.807, 2.05) is 13.0 Å². The van der Waals surface area contributed by atoms with Crippen LogP contribution in [0.1, 0.15) is 41.0 Å². The van der Waals surface area contributed by atoms with Crippen molar-refractivity contribution < 1.29 is 19.0 Å². The first-order chi connectivity index (χ1) is 16.6. The Kier molecular flexibility index (Phi) is 6.82. The third kappa shape index (κ3) is 4.80. The Bertz CT molecular complexity index is 1100. The molecule has 5 rings (SSSR count). The summed E-state index contributed by atoms with van der Waals surface area (Å²) < 4.78 is 17.3. The van der Waals surface area contributed by atoms with E-state index >= 15 is 0 Å². The lowest BCUT2D eigenvalue weighted by molar-refractivity contribution is -0.132. The number of hydrogen-bond acceptors (Lipinski definition) is 6. The van der Waals surface area contributed by atoms with Crippen LogP contribution in [0.15, 0.2) is 30.3 Å². The molecule has 7 nitrogen and oxygen atoms in total. The molecule has 178 valence electrons. The third-order valence-electron chi connectivity index (χ3n) is 6.98. The molecule has 0 aromatic heterocycles. The van der Waals surface area contributed by atoms with Gasteiger partial charge in [0.2, 0.25) is 0 Å². The summed E-state index contributed by atoms with van der Waals surface area (Å²) in [6.45, 7) is 6.01. The number of aryl methyl sites for hydroxylation is 1. The van der Waals surface area contributed by atoms with Gasteiger partial charge in [0.1, 0.15) is 24.5 Å². The highest BCUT2D eigenvalue weighted by Crippen LogP contribution is 2.41. The van der Waals surface area contributed by atoms with Crippen molar-refractivity contribution in [1.82, 2.24) is 10.6 Å². The maximum atomic E-state index is 12.6. The van der Waals surface area contributed by atoms with E-state index < -0.39 is 12.1 Å². The van der Waals surface area contributed by atoms with Crippen LogP contribution >= 0.6 is 0 Å². The number of ether oxygens (including phenoxy) is 3. The Hall–Kier alpha value is -2.92. The number of nitrogens with zero attached hydrogens (tertiary/aromatic N) is 1. The molecule has 0 saturated carbocycles. The fourth-order valence-electron chi connectivity index (χ4n) is 4.95. The Morgan fingerprint density at radius 3 is 3.00 bits per heavy atom. The maximum absolute atomic E-state index is 12.6. The molecule has 7 heteroatoms. The molecule has 2 aromatic rings. The van der Waals surface area contributed by atoms with Crippen LogP contribution in [0.5, 0.6) is 5.75 Å². The Balaban J connectivity index is 1.34. The van der Waals surface area contributed by atoms with E-state index in [1.165, 1.54) is 16.7 Å². The van der Waals surface area contributed by atoms with E-state index in [1.54, 1.807) is 0 Å². The van der Waals surface area contributed by atoms with Gasteiger partial charge in [0, 0.05) is 37.7 Å². The minimum Gasteiger partial charge on any atom is -0.488 e. The third-order valence-corrected chi connectivity index (χ3v) is 6.98. The molecule has 2 saturated heterocycles. The van der Waals surface area contributed by atoms with Gasteiger partial charge in [-0.1, -0.05) is 18.2 Å². The number of hydrogen-bond donors (Lipinski definition) is 2.